The van der Waals surface area contributed by atoms with Crippen LogP contribution in [0.25, 0.3) is 0 Å². The molecule has 0 saturated carbocycles. The Labute approximate surface area is 261 Å². The van der Waals surface area contributed by atoms with Crippen LogP contribution >= 0.6 is 0 Å². The molecule has 0 heterocycles. The summed E-state index contributed by atoms with van der Waals surface area (Å²) in [6.45, 7) is 7.99. The van der Waals surface area contributed by atoms with Crippen LogP contribution < -0.4 is 9.62 Å². The highest BCUT2D eigenvalue weighted by Crippen LogP contribution is 2.25. The highest BCUT2D eigenvalue weighted by Gasteiger charge is 2.34. The summed E-state index contributed by atoms with van der Waals surface area (Å²) in [5.74, 6) is -0.548. The number of carbonyl (C=O) groups excluding carboxylic acids is 2. The van der Waals surface area contributed by atoms with Crippen molar-refractivity contribution in [3.05, 3.63) is 131 Å². The first-order chi connectivity index (χ1) is 21.0. The van der Waals surface area contributed by atoms with Gasteiger partial charge in [-0.3, -0.25) is 13.9 Å². The van der Waals surface area contributed by atoms with E-state index in [4.69, 9.17) is 0 Å². The third kappa shape index (κ3) is 8.57. The van der Waals surface area contributed by atoms with Gasteiger partial charge in [-0.05, 0) is 55.2 Å². The molecule has 7 nitrogen and oxygen atoms in total. The fourth-order valence-electron chi connectivity index (χ4n) is 4.94. The number of amides is 2. The first-order valence-electron chi connectivity index (χ1n) is 14.9. The highest BCUT2D eigenvalue weighted by atomic mass is 32.2. The first kappa shape index (κ1) is 32.5. The van der Waals surface area contributed by atoms with Gasteiger partial charge in [-0.15, -0.1) is 0 Å². The van der Waals surface area contributed by atoms with E-state index in [-0.39, 0.29) is 29.7 Å². The zero-order valence-corrected chi connectivity index (χ0v) is 26.6. The minimum Gasteiger partial charge on any atom is -0.354 e. The van der Waals surface area contributed by atoms with Gasteiger partial charge in [-0.25, -0.2) is 8.42 Å². The number of nitrogens with zero attached hydrogens (tertiary/aromatic N) is 2. The van der Waals surface area contributed by atoms with Crippen molar-refractivity contribution in [1.29, 1.82) is 0 Å². The molecule has 4 rings (SSSR count). The minimum atomic E-state index is -4.12. The smallest absolute Gasteiger partial charge is 0.264 e. The lowest BCUT2D eigenvalue weighted by molar-refractivity contribution is -0.140. The van der Waals surface area contributed by atoms with E-state index in [9.17, 15) is 18.0 Å². The molecule has 2 amide bonds. The second-order valence-electron chi connectivity index (χ2n) is 11.5. The number of rotatable bonds is 13. The summed E-state index contributed by atoms with van der Waals surface area (Å²) < 4.78 is 29.2. The average molecular weight is 612 g/mol. The van der Waals surface area contributed by atoms with Crippen LogP contribution in [0.4, 0.5) is 5.69 Å². The fraction of sp³-hybridized carbons (Fsp3) is 0.278. The van der Waals surface area contributed by atoms with E-state index < -0.39 is 28.5 Å². The molecule has 4 aromatic rings. The quantitative estimate of drug-likeness (QED) is 0.204. The summed E-state index contributed by atoms with van der Waals surface area (Å²) >= 11 is 0. The molecule has 1 N–H and O–H groups in total. The molecule has 4 aromatic carbocycles. The molecule has 8 heteroatoms. The van der Waals surface area contributed by atoms with Crippen molar-refractivity contribution in [2.75, 3.05) is 17.4 Å². The molecule has 0 radical (unpaired) electrons. The van der Waals surface area contributed by atoms with E-state index in [1.807, 2.05) is 82.3 Å². The molecule has 1 atom stereocenters. The number of aryl methyl sites for hydroxylation is 2. The zero-order chi connectivity index (χ0) is 31.7. The molecule has 44 heavy (non-hydrogen) atoms. The van der Waals surface area contributed by atoms with Gasteiger partial charge >= 0.3 is 0 Å². The lowest BCUT2D eigenvalue weighted by Gasteiger charge is -2.34. The summed E-state index contributed by atoms with van der Waals surface area (Å²) in [4.78, 5) is 29.9. The van der Waals surface area contributed by atoms with E-state index in [0.29, 0.717) is 12.2 Å². The SMILES string of the molecule is Cc1ccc(S(=O)(=O)N(CC(=O)N(Cc2cccc(C)c2)[C@@H](Cc2ccccc2)C(=O)NCC(C)C)c2ccccc2)cc1. The maximum absolute atomic E-state index is 14.5. The molecular weight excluding hydrogens is 570 g/mol. The standard InChI is InChI=1S/C36H41N3O4S/c1-27(2)24-37-36(41)34(23-30-13-7-5-8-14-30)38(25-31-15-11-12-29(4)22-31)35(40)26-39(32-16-9-6-10-17-32)44(42,43)33-20-18-28(3)19-21-33/h5-22,27,34H,23-26H2,1-4H3,(H,37,41)/t34-/m0/s1. The third-order valence-electron chi connectivity index (χ3n) is 7.32. The van der Waals surface area contributed by atoms with Crippen molar-refractivity contribution >= 4 is 27.5 Å². The van der Waals surface area contributed by atoms with Gasteiger partial charge in [0, 0.05) is 19.5 Å². The number of benzene rings is 4. The summed E-state index contributed by atoms with van der Waals surface area (Å²) in [5.41, 5.74) is 4.05. The molecule has 0 bridgehead atoms. The Hall–Kier alpha value is -4.43. The lowest BCUT2D eigenvalue weighted by atomic mass is 10.0. The van der Waals surface area contributed by atoms with Crippen LogP contribution in [0, 0.1) is 19.8 Å². The Balaban J connectivity index is 1.78. The summed E-state index contributed by atoms with van der Waals surface area (Å²) in [6.07, 6.45) is 0.276. The number of anilines is 1. The maximum Gasteiger partial charge on any atom is 0.264 e. The number of nitrogens with one attached hydrogen (secondary N) is 1. The number of carbonyl (C=O) groups is 2. The van der Waals surface area contributed by atoms with Crippen LogP contribution in [0.15, 0.2) is 114 Å². The number of para-hydroxylation sites is 1. The van der Waals surface area contributed by atoms with E-state index in [0.717, 1.165) is 26.6 Å². The van der Waals surface area contributed by atoms with Crippen LogP contribution in [-0.4, -0.2) is 44.3 Å². The topological polar surface area (TPSA) is 86.8 Å². The predicted molar refractivity (Wildman–Crippen MR) is 176 cm³/mol. The molecular formula is C36H41N3O4S. The van der Waals surface area contributed by atoms with Gasteiger partial charge in [-0.1, -0.05) is 110 Å². The average Bonchev–Trinajstić information content (AvgIpc) is 3.01. The van der Waals surface area contributed by atoms with E-state index in [1.165, 1.54) is 4.90 Å². The Morgan fingerprint density at radius 2 is 1.36 bits per heavy atom. The Kier molecular flexibility index (Phi) is 11.0. The van der Waals surface area contributed by atoms with Crippen molar-refractivity contribution in [2.24, 2.45) is 5.92 Å². The molecule has 0 aliphatic carbocycles. The van der Waals surface area contributed by atoms with Crippen molar-refractivity contribution in [3.8, 4) is 0 Å². The molecule has 230 valence electrons. The number of hydrogen-bond acceptors (Lipinski definition) is 4. The van der Waals surface area contributed by atoms with Crippen LogP contribution in [0.1, 0.15) is 36.1 Å². The zero-order valence-electron chi connectivity index (χ0n) is 25.8. The van der Waals surface area contributed by atoms with Gasteiger partial charge in [0.1, 0.15) is 12.6 Å². The molecule has 0 fully saturated rings. The normalized spacial score (nSPS) is 12.0. The molecule has 0 unspecified atom stereocenters. The Morgan fingerprint density at radius 1 is 0.750 bits per heavy atom. The largest absolute Gasteiger partial charge is 0.354 e. The van der Waals surface area contributed by atoms with Gasteiger partial charge in [-0.2, -0.15) is 0 Å². The number of hydrogen-bond donors (Lipinski definition) is 1. The monoisotopic (exact) mass is 611 g/mol. The van der Waals surface area contributed by atoms with Crippen LogP contribution in [-0.2, 0) is 32.6 Å². The summed E-state index contributed by atoms with van der Waals surface area (Å²) in [5, 5.41) is 3.02. The van der Waals surface area contributed by atoms with Gasteiger partial charge in [0.25, 0.3) is 10.0 Å². The van der Waals surface area contributed by atoms with E-state index in [2.05, 4.69) is 5.32 Å². The van der Waals surface area contributed by atoms with Crippen molar-refractivity contribution in [3.63, 3.8) is 0 Å². The van der Waals surface area contributed by atoms with Gasteiger partial charge in [0.2, 0.25) is 11.8 Å². The van der Waals surface area contributed by atoms with Crippen molar-refractivity contribution < 1.29 is 18.0 Å². The second-order valence-corrected chi connectivity index (χ2v) is 13.4. The van der Waals surface area contributed by atoms with Crippen LogP contribution in [0.3, 0.4) is 0 Å². The molecule has 0 spiro atoms. The summed E-state index contributed by atoms with van der Waals surface area (Å²) in [6, 6.07) is 31.6. The van der Waals surface area contributed by atoms with Crippen LogP contribution in [0.2, 0.25) is 0 Å². The molecule has 0 aromatic heterocycles. The molecule has 0 aliphatic heterocycles. The Bertz CT molecular complexity index is 1640. The fourth-order valence-corrected chi connectivity index (χ4v) is 6.36. The second kappa shape index (κ2) is 14.8. The van der Waals surface area contributed by atoms with E-state index >= 15 is 0 Å². The van der Waals surface area contributed by atoms with Crippen LogP contribution in [0.5, 0.6) is 0 Å². The summed E-state index contributed by atoms with van der Waals surface area (Å²) in [7, 11) is -4.12. The van der Waals surface area contributed by atoms with E-state index in [1.54, 1.807) is 54.6 Å². The van der Waals surface area contributed by atoms with Gasteiger partial charge in [0.15, 0.2) is 0 Å². The molecule has 0 saturated heterocycles. The lowest BCUT2D eigenvalue weighted by Crippen LogP contribution is -2.53. The van der Waals surface area contributed by atoms with Gasteiger partial charge in [0.05, 0.1) is 10.6 Å². The van der Waals surface area contributed by atoms with Crippen molar-refractivity contribution in [2.45, 2.75) is 51.6 Å². The first-order valence-corrected chi connectivity index (χ1v) is 16.3. The van der Waals surface area contributed by atoms with Gasteiger partial charge < -0.3 is 10.2 Å². The minimum absolute atomic E-state index is 0.0838. The third-order valence-corrected chi connectivity index (χ3v) is 9.11. The molecule has 0 aliphatic rings. The highest BCUT2D eigenvalue weighted by molar-refractivity contribution is 7.92. The predicted octanol–water partition coefficient (Wildman–Crippen LogP) is 5.91. The Morgan fingerprint density at radius 3 is 1.98 bits per heavy atom. The maximum atomic E-state index is 14.5. The number of sulfonamides is 1. The van der Waals surface area contributed by atoms with Crippen molar-refractivity contribution in [1.82, 2.24) is 10.2 Å².